The Bertz CT molecular complexity index is 706. The fourth-order valence-electron chi connectivity index (χ4n) is 3.76. The van der Waals surface area contributed by atoms with Crippen molar-refractivity contribution in [3.63, 3.8) is 0 Å². The molecular weight excluding hydrogens is 340 g/mol. The predicted octanol–water partition coefficient (Wildman–Crippen LogP) is 4.61. The van der Waals surface area contributed by atoms with Crippen molar-refractivity contribution in [1.82, 2.24) is 0 Å². The van der Waals surface area contributed by atoms with Gasteiger partial charge >= 0.3 is 0 Å². The van der Waals surface area contributed by atoms with Crippen molar-refractivity contribution in [2.24, 2.45) is 17.3 Å². The molecule has 0 spiro atoms. The quantitative estimate of drug-likeness (QED) is 0.821. The van der Waals surface area contributed by atoms with E-state index in [0.29, 0.717) is 24.8 Å². The smallest absolute Gasteiger partial charge is 0.236 e. The van der Waals surface area contributed by atoms with Crippen LogP contribution in [0.2, 0.25) is 0 Å². The second-order valence-corrected chi connectivity index (χ2v) is 8.97. The zero-order valence-electron chi connectivity index (χ0n) is 17.0. The third-order valence-electron chi connectivity index (χ3n) is 5.59. The maximum absolute atomic E-state index is 13.1. The molecule has 1 aromatic rings. The summed E-state index contributed by atoms with van der Waals surface area (Å²) in [6.45, 7) is 9.16. The highest BCUT2D eigenvalue weighted by Gasteiger charge is 2.37. The molecule has 1 aliphatic heterocycles. The van der Waals surface area contributed by atoms with Crippen molar-refractivity contribution >= 4 is 23.2 Å². The van der Waals surface area contributed by atoms with E-state index < -0.39 is 5.41 Å². The summed E-state index contributed by atoms with van der Waals surface area (Å²) in [6.07, 6.45) is 5.10. The lowest BCUT2D eigenvalue weighted by atomic mass is 9.92. The first-order valence-electron chi connectivity index (χ1n) is 10.2. The van der Waals surface area contributed by atoms with E-state index in [1.807, 2.05) is 36.9 Å². The highest BCUT2D eigenvalue weighted by Crippen LogP contribution is 2.39. The number of anilines is 2. The maximum Gasteiger partial charge on any atom is 0.236 e. The molecule has 0 bridgehead atoms. The van der Waals surface area contributed by atoms with Gasteiger partial charge in [-0.3, -0.25) is 9.59 Å². The molecule has 1 saturated carbocycles. The van der Waals surface area contributed by atoms with Crippen LogP contribution >= 0.6 is 0 Å². The van der Waals surface area contributed by atoms with Gasteiger partial charge in [-0.2, -0.15) is 0 Å². The SMILES string of the molecule is CC(C)CCN1C(=O)C(C)(C)COc2ccc(NC(=O)C3CCCC3)cc21. The van der Waals surface area contributed by atoms with E-state index in [2.05, 4.69) is 19.2 Å². The van der Waals surface area contributed by atoms with E-state index in [4.69, 9.17) is 4.74 Å². The van der Waals surface area contributed by atoms with Gasteiger partial charge < -0.3 is 15.0 Å². The van der Waals surface area contributed by atoms with Gasteiger partial charge in [0.2, 0.25) is 11.8 Å². The van der Waals surface area contributed by atoms with E-state index in [1.165, 1.54) is 0 Å². The van der Waals surface area contributed by atoms with E-state index in [9.17, 15) is 9.59 Å². The summed E-state index contributed by atoms with van der Waals surface area (Å²) in [5, 5.41) is 3.04. The van der Waals surface area contributed by atoms with E-state index in [0.717, 1.165) is 43.5 Å². The largest absolute Gasteiger partial charge is 0.490 e. The van der Waals surface area contributed by atoms with Crippen molar-refractivity contribution in [2.75, 3.05) is 23.4 Å². The van der Waals surface area contributed by atoms with Gasteiger partial charge in [0.1, 0.15) is 12.4 Å². The summed E-state index contributed by atoms with van der Waals surface area (Å²) >= 11 is 0. The first-order chi connectivity index (χ1) is 12.8. The molecular formula is C22H32N2O3. The van der Waals surface area contributed by atoms with Crippen LogP contribution in [-0.4, -0.2) is 25.0 Å². The van der Waals surface area contributed by atoms with E-state index >= 15 is 0 Å². The number of carbonyl (C=O) groups is 2. The topological polar surface area (TPSA) is 58.6 Å². The molecule has 2 aliphatic rings. The van der Waals surface area contributed by atoms with Crippen molar-refractivity contribution in [1.29, 1.82) is 0 Å². The fraction of sp³-hybridized carbons (Fsp3) is 0.636. The number of ether oxygens (including phenoxy) is 1. The molecule has 1 heterocycles. The lowest BCUT2D eigenvalue weighted by Crippen LogP contribution is -2.42. The van der Waals surface area contributed by atoms with Gasteiger partial charge in [-0.15, -0.1) is 0 Å². The summed E-state index contributed by atoms with van der Waals surface area (Å²) < 4.78 is 5.96. The molecule has 0 radical (unpaired) electrons. The van der Waals surface area contributed by atoms with Gasteiger partial charge in [0, 0.05) is 18.2 Å². The summed E-state index contributed by atoms with van der Waals surface area (Å²) in [5.41, 5.74) is 0.912. The molecule has 5 nitrogen and oxygen atoms in total. The Labute approximate surface area is 162 Å². The van der Waals surface area contributed by atoms with Gasteiger partial charge in [0.15, 0.2) is 0 Å². The Balaban J connectivity index is 1.87. The molecule has 0 unspecified atom stereocenters. The van der Waals surface area contributed by atoms with Crippen LogP contribution in [0.25, 0.3) is 0 Å². The second kappa shape index (κ2) is 7.91. The molecule has 0 saturated heterocycles. The van der Waals surface area contributed by atoms with Crippen LogP contribution in [0, 0.1) is 17.3 Å². The first-order valence-corrected chi connectivity index (χ1v) is 10.2. The second-order valence-electron chi connectivity index (χ2n) is 8.97. The number of fused-ring (bicyclic) bond motifs is 1. The van der Waals surface area contributed by atoms with Crippen LogP contribution in [0.15, 0.2) is 18.2 Å². The van der Waals surface area contributed by atoms with Crippen LogP contribution in [0.4, 0.5) is 11.4 Å². The van der Waals surface area contributed by atoms with Crippen LogP contribution in [-0.2, 0) is 9.59 Å². The predicted molar refractivity (Wildman–Crippen MR) is 108 cm³/mol. The Morgan fingerprint density at radius 1 is 1.30 bits per heavy atom. The van der Waals surface area contributed by atoms with Gasteiger partial charge in [-0.05, 0) is 57.2 Å². The Morgan fingerprint density at radius 3 is 2.67 bits per heavy atom. The highest BCUT2D eigenvalue weighted by molar-refractivity contribution is 6.00. The summed E-state index contributed by atoms with van der Waals surface area (Å²) in [4.78, 5) is 27.5. The molecule has 148 valence electrons. The molecule has 0 atom stereocenters. The van der Waals surface area contributed by atoms with Crippen molar-refractivity contribution in [3.05, 3.63) is 18.2 Å². The van der Waals surface area contributed by atoms with Gasteiger partial charge in [0.05, 0.1) is 11.1 Å². The summed E-state index contributed by atoms with van der Waals surface area (Å²) in [6, 6.07) is 5.63. The van der Waals surface area contributed by atoms with Gasteiger partial charge in [-0.1, -0.05) is 26.7 Å². The molecule has 2 amide bonds. The number of nitrogens with zero attached hydrogens (tertiary/aromatic N) is 1. The zero-order chi connectivity index (χ0) is 19.6. The number of benzene rings is 1. The van der Waals surface area contributed by atoms with Gasteiger partial charge in [0.25, 0.3) is 0 Å². The number of hydrogen-bond donors (Lipinski definition) is 1. The molecule has 3 rings (SSSR count). The molecule has 1 aromatic carbocycles. The van der Waals surface area contributed by atoms with Crippen LogP contribution < -0.4 is 15.0 Å². The molecule has 1 aliphatic carbocycles. The minimum Gasteiger partial charge on any atom is -0.490 e. The maximum atomic E-state index is 13.1. The lowest BCUT2D eigenvalue weighted by molar-refractivity contribution is -0.127. The highest BCUT2D eigenvalue weighted by atomic mass is 16.5. The number of hydrogen-bond acceptors (Lipinski definition) is 3. The van der Waals surface area contributed by atoms with Gasteiger partial charge in [-0.25, -0.2) is 0 Å². The Morgan fingerprint density at radius 2 is 2.00 bits per heavy atom. The monoisotopic (exact) mass is 372 g/mol. The minimum absolute atomic E-state index is 0.0705. The summed E-state index contributed by atoms with van der Waals surface area (Å²) in [5.74, 6) is 1.47. The average molecular weight is 373 g/mol. The third kappa shape index (κ3) is 4.45. The van der Waals surface area contributed by atoms with E-state index in [1.54, 1.807) is 0 Å². The van der Waals surface area contributed by atoms with Crippen molar-refractivity contribution < 1.29 is 14.3 Å². The van der Waals surface area contributed by atoms with Crippen LogP contribution in [0.3, 0.4) is 0 Å². The van der Waals surface area contributed by atoms with Crippen molar-refractivity contribution in [2.45, 2.75) is 59.8 Å². The van der Waals surface area contributed by atoms with Crippen molar-refractivity contribution in [3.8, 4) is 5.75 Å². The lowest BCUT2D eigenvalue weighted by Gasteiger charge is -2.29. The number of nitrogens with one attached hydrogen (secondary N) is 1. The van der Waals surface area contributed by atoms with Crippen LogP contribution in [0.5, 0.6) is 5.75 Å². The third-order valence-corrected chi connectivity index (χ3v) is 5.59. The molecule has 0 aromatic heterocycles. The summed E-state index contributed by atoms with van der Waals surface area (Å²) in [7, 11) is 0. The number of amides is 2. The minimum atomic E-state index is -0.580. The van der Waals surface area contributed by atoms with E-state index in [-0.39, 0.29) is 17.7 Å². The molecule has 27 heavy (non-hydrogen) atoms. The van der Waals surface area contributed by atoms with Crippen LogP contribution in [0.1, 0.15) is 59.8 Å². The average Bonchev–Trinajstić information content (AvgIpc) is 3.12. The zero-order valence-corrected chi connectivity index (χ0v) is 17.0. The Kier molecular flexibility index (Phi) is 5.78. The first kappa shape index (κ1) is 19.7. The molecule has 1 fully saturated rings. The standard InChI is InChI=1S/C22H32N2O3/c1-15(2)11-12-24-18-13-17(23-20(25)16-7-5-6-8-16)9-10-19(18)27-14-22(3,4)21(24)26/h9-10,13,15-16H,5-8,11-12,14H2,1-4H3,(H,23,25). The molecule has 1 N–H and O–H groups in total. The Hall–Kier alpha value is -2.04. The fourth-order valence-corrected chi connectivity index (χ4v) is 3.76. The number of rotatable bonds is 5. The number of carbonyl (C=O) groups excluding carboxylic acids is 2. The molecule has 5 heteroatoms. The normalized spacial score (nSPS) is 19.6.